The first-order valence-electron chi connectivity index (χ1n) is 6.92. The van der Waals surface area contributed by atoms with Gasteiger partial charge in [0.2, 0.25) is 0 Å². The van der Waals surface area contributed by atoms with E-state index in [0.717, 1.165) is 24.0 Å². The molecule has 0 aliphatic carbocycles. The summed E-state index contributed by atoms with van der Waals surface area (Å²) in [7, 11) is 1.52. The van der Waals surface area contributed by atoms with E-state index in [9.17, 15) is 9.59 Å². The zero-order chi connectivity index (χ0) is 15.6. The summed E-state index contributed by atoms with van der Waals surface area (Å²) in [6.07, 6.45) is 1.93. The zero-order valence-electron chi connectivity index (χ0n) is 12.5. The standard InChI is InChI=1S/C16H18N2O2Se/c1-4-5-11-6-7-12-13(8-11)16(2,9-21-10-17)15(20)18(3)14(12)19/h6-8H,4-5,9H2,1-3H3. The van der Waals surface area contributed by atoms with Gasteiger partial charge in [0.15, 0.2) is 0 Å². The molecule has 1 atom stereocenters. The van der Waals surface area contributed by atoms with Crippen LogP contribution in [0.15, 0.2) is 18.2 Å². The van der Waals surface area contributed by atoms with E-state index >= 15 is 0 Å². The molecule has 0 saturated heterocycles. The Morgan fingerprint density at radius 1 is 1.38 bits per heavy atom. The third-order valence-corrected chi connectivity index (χ3v) is 5.74. The monoisotopic (exact) mass is 350 g/mol. The number of carbonyl (C=O) groups excluding carboxylic acids is 2. The summed E-state index contributed by atoms with van der Waals surface area (Å²) in [5, 5.41) is 9.38. The first-order valence-corrected chi connectivity index (χ1v) is 8.99. The zero-order valence-corrected chi connectivity index (χ0v) is 14.2. The molecule has 0 saturated carbocycles. The van der Waals surface area contributed by atoms with Crippen molar-refractivity contribution in [3.8, 4) is 4.97 Å². The second kappa shape index (κ2) is 6.01. The van der Waals surface area contributed by atoms with E-state index in [1.165, 1.54) is 11.9 Å². The van der Waals surface area contributed by atoms with Gasteiger partial charge in [0.1, 0.15) is 0 Å². The van der Waals surface area contributed by atoms with Crippen LogP contribution in [0.3, 0.4) is 0 Å². The molecule has 0 bridgehead atoms. The number of nitriles is 1. The Bertz CT molecular complexity index is 636. The Morgan fingerprint density at radius 3 is 2.71 bits per heavy atom. The van der Waals surface area contributed by atoms with Gasteiger partial charge in [0, 0.05) is 0 Å². The van der Waals surface area contributed by atoms with Gasteiger partial charge in [-0.3, -0.25) is 0 Å². The summed E-state index contributed by atoms with van der Waals surface area (Å²) in [6.45, 7) is 3.95. The second-order valence-electron chi connectivity index (χ2n) is 5.51. The number of hydrogen-bond donors (Lipinski definition) is 0. The number of fused-ring (bicyclic) bond motifs is 1. The molecule has 0 spiro atoms. The number of hydrogen-bond acceptors (Lipinski definition) is 3. The summed E-state index contributed by atoms with van der Waals surface area (Å²) in [4.78, 5) is 28.3. The molecule has 110 valence electrons. The van der Waals surface area contributed by atoms with E-state index in [1.54, 1.807) is 0 Å². The molecule has 2 rings (SSSR count). The van der Waals surface area contributed by atoms with E-state index < -0.39 is 5.41 Å². The van der Waals surface area contributed by atoms with Crippen LogP contribution in [-0.2, 0) is 16.6 Å². The molecule has 0 aromatic heterocycles. The van der Waals surface area contributed by atoms with Crippen molar-refractivity contribution in [2.75, 3.05) is 7.05 Å². The number of rotatable bonds is 4. The van der Waals surface area contributed by atoms with Gasteiger partial charge in [-0.25, -0.2) is 0 Å². The molecule has 1 heterocycles. The Kier molecular flexibility index (Phi) is 4.51. The van der Waals surface area contributed by atoms with E-state index in [0.29, 0.717) is 10.9 Å². The molecule has 0 radical (unpaired) electrons. The quantitative estimate of drug-likeness (QED) is 0.618. The normalized spacial score (nSPS) is 21.1. The van der Waals surface area contributed by atoms with Gasteiger partial charge in [-0.1, -0.05) is 0 Å². The number of nitrogens with zero attached hydrogens (tertiary/aromatic N) is 2. The van der Waals surface area contributed by atoms with Crippen LogP contribution in [0.25, 0.3) is 0 Å². The Morgan fingerprint density at radius 2 is 2.10 bits per heavy atom. The van der Waals surface area contributed by atoms with Crippen molar-refractivity contribution < 1.29 is 9.59 Å². The van der Waals surface area contributed by atoms with E-state index in [-0.39, 0.29) is 26.8 Å². The molecule has 1 aromatic carbocycles. The van der Waals surface area contributed by atoms with Crippen molar-refractivity contribution in [2.45, 2.75) is 37.4 Å². The molecule has 21 heavy (non-hydrogen) atoms. The maximum absolute atomic E-state index is 12.6. The molecular formula is C16H18N2O2Se. The fourth-order valence-corrected chi connectivity index (χ4v) is 4.08. The Balaban J connectivity index is 2.59. The Hall–Kier alpha value is -1.63. The number of imide groups is 1. The molecule has 1 aromatic rings. The van der Waals surface area contributed by atoms with Gasteiger partial charge in [-0.2, -0.15) is 0 Å². The van der Waals surface area contributed by atoms with Crippen LogP contribution in [0.1, 0.15) is 41.8 Å². The predicted molar refractivity (Wildman–Crippen MR) is 81.1 cm³/mol. The van der Waals surface area contributed by atoms with Crippen molar-refractivity contribution >= 4 is 26.8 Å². The van der Waals surface area contributed by atoms with Crippen LogP contribution in [0.2, 0.25) is 5.32 Å². The van der Waals surface area contributed by atoms with Crippen molar-refractivity contribution in [1.82, 2.24) is 4.90 Å². The average Bonchev–Trinajstić information content (AvgIpc) is 2.49. The predicted octanol–water partition coefficient (Wildman–Crippen LogP) is 2.11. The Labute approximate surface area is 131 Å². The maximum atomic E-state index is 12.6. The van der Waals surface area contributed by atoms with E-state index in [2.05, 4.69) is 11.9 Å². The topological polar surface area (TPSA) is 61.2 Å². The van der Waals surface area contributed by atoms with Gasteiger partial charge in [-0.05, 0) is 0 Å². The van der Waals surface area contributed by atoms with Crippen LogP contribution < -0.4 is 0 Å². The number of benzene rings is 1. The van der Waals surface area contributed by atoms with E-state index in [4.69, 9.17) is 5.26 Å². The molecule has 0 N–H and O–H groups in total. The minimum atomic E-state index is -0.766. The van der Waals surface area contributed by atoms with Crippen molar-refractivity contribution in [2.24, 2.45) is 0 Å². The first-order chi connectivity index (χ1) is 9.95. The van der Waals surface area contributed by atoms with Crippen LogP contribution in [-0.4, -0.2) is 38.7 Å². The average molecular weight is 349 g/mol. The van der Waals surface area contributed by atoms with Crippen LogP contribution in [0, 0.1) is 10.2 Å². The summed E-state index contributed by atoms with van der Waals surface area (Å²) in [5.74, 6) is -0.453. The molecule has 4 nitrogen and oxygen atoms in total. The van der Waals surface area contributed by atoms with Crippen molar-refractivity contribution in [3.05, 3.63) is 34.9 Å². The SMILES string of the molecule is CCCc1ccc2c(c1)C(C)(C[Se]C#N)C(=O)N(C)C2=O. The summed E-state index contributed by atoms with van der Waals surface area (Å²) in [5.41, 5.74) is 1.75. The van der Waals surface area contributed by atoms with Gasteiger partial charge in [-0.15, -0.1) is 0 Å². The van der Waals surface area contributed by atoms with Gasteiger partial charge in [0.25, 0.3) is 0 Å². The molecule has 0 fully saturated rings. The fourth-order valence-electron chi connectivity index (χ4n) is 2.75. The van der Waals surface area contributed by atoms with Crippen LogP contribution in [0.4, 0.5) is 0 Å². The third-order valence-electron chi connectivity index (χ3n) is 3.95. The van der Waals surface area contributed by atoms with Gasteiger partial charge in [0.05, 0.1) is 0 Å². The van der Waals surface area contributed by atoms with Crippen molar-refractivity contribution in [3.63, 3.8) is 0 Å². The summed E-state index contributed by atoms with van der Waals surface area (Å²) < 4.78 is 0. The summed E-state index contributed by atoms with van der Waals surface area (Å²) in [6, 6.07) is 5.76. The summed E-state index contributed by atoms with van der Waals surface area (Å²) >= 11 is -0.274. The second-order valence-corrected chi connectivity index (χ2v) is 7.11. The fraction of sp³-hybridized carbons (Fsp3) is 0.438. The van der Waals surface area contributed by atoms with Crippen molar-refractivity contribution in [1.29, 1.82) is 5.26 Å². The molecule has 1 aliphatic heterocycles. The number of carbonyl (C=O) groups is 2. The number of amides is 2. The minimum absolute atomic E-state index is 0.203. The molecule has 2 amide bonds. The number of likely N-dealkylation sites (N-methyl/N-ethyl adjacent to an activating group) is 1. The van der Waals surface area contributed by atoms with Gasteiger partial charge >= 0.3 is 131 Å². The molecule has 5 heteroatoms. The first kappa shape index (κ1) is 15.8. The molecular weight excluding hydrogens is 331 g/mol. The van der Waals surface area contributed by atoms with Crippen LogP contribution in [0.5, 0.6) is 0 Å². The number of aryl methyl sites for hydroxylation is 1. The molecule has 1 unspecified atom stereocenters. The third kappa shape index (κ3) is 2.62. The van der Waals surface area contributed by atoms with Crippen LogP contribution >= 0.6 is 0 Å². The van der Waals surface area contributed by atoms with Gasteiger partial charge < -0.3 is 0 Å². The molecule has 1 aliphatic rings. The van der Waals surface area contributed by atoms with E-state index in [1.807, 2.05) is 25.1 Å².